The van der Waals surface area contributed by atoms with Crippen LogP contribution >= 0.6 is 0 Å². The highest BCUT2D eigenvalue weighted by Crippen LogP contribution is 2.42. The minimum atomic E-state index is 0.896. The van der Waals surface area contributed by atoms with Gasteiger partial charge < -0.3 is 0 Å². The zero-order chi connectivity index (χ0) is 38.7. The summed E-state index contributed by atoms with van der Waals surface area (Å²) in [4.78, 5) is 21.2. The summed E-state index contributed by atoms with van der Waals surface area (Å²) in [5.74, 6) is 0. The normalized spacial score (nSPS) is 11.9. The van der Waals surface area contributed by atoms with E-state index >= 15 is 0 Å². The highest BCUT2D eigenvalue weighted by molar-refractivity contribution is 6.18. The van der Waals surface area contributed by atoms with Crippen molar-refractivity contribution in [1.82, 2.24) is 19.9 Å². The van der Waals surface area contributed by atoms with Crippen LogP contribution in [0, 0.1) is 6.92 Å². The number of hydrogen-bond donors (Lipinski definition) is 0. The third-order valence-corrected chi connectivity index (χ3v) is 11.5. The molecular weight excluding hydrogens is 705 g/mol. The van der Waals surface area contributed by atoms with Crippen molar-refractivity contribution in [3.8, 4) is 45.0 Å². The number of aromatic nitrogens is 4. The molecule has 0 fully saturated rings. The SMILES string of the molecule is C/C=C\c1c(C)c(-c2ccc3ccc4ccc(-c5ccccc5)nc4c3n2)cc2cc(-c3ccc4ccc5ccc(-c6ccccc6)nc5c4n3)c3ccccc3c12. The first-order valence-electron chi connectivity index (χ1n) is 19.8. The van der Waals surface area contributed by atoms with Gasteiger partial charge in [0.25, 0.3) is 0 Å². The Morgan fingerprint density at radius 1 is 0.379 bits per heavy atom. The Balaban J connectivity index is 1.13. The van der Waals surface area contributed by atoms with Crippen LogP contribution in [0.5, 0.6) is 0 Å². The first-order chi connectivity index (χ1) is 28.6. The van der Waals surface area contributed by atoms with E-state index in [1.54, 1.807) is 0 Å². The van der Waals surface area contributed by atoms with Gasteiger partial charge in [0, 0.05) is 43.8 Å². The van der Waals surface area contributed by atoms with Gasteiger partial charge in [-0.15, -0.1) is 0 Å². The van der Waals surface area contributed by atoms with Crippen LogP contribution in [0.15, 0.2) is 176 Å². The van der Waals surface area contributed by atoms with Crippen molar-refractivity contribution < 1.29 is 0 Å². The third kappa shape index (κ3) is 5.53. The minimum absolute atomic E-state index is 0.896. The maximum atomic E-state index is 5.42. The van der Waals surface area contributed by atoms with Crippen LogP contribution in [0.25, 0.3) is 116 Å². The Bertz CT molecular complexity index is 3460. The quantitative estimate of drug-likeness (QED) is 0.165. The molecule has 0 saturated heterocycles. The summed E-state index contributed by atoms with van der Waals surface area (Å²) in [6.45, 7) is 4.31. The van der Waals surface area contributed by atoms with Crippen LogP contribution < -0.4 is 0 Å². The number of allylic oxidation sites excluding steroid dienone is 1. The zero-order valence-electron chi connectivity index (χ0n) is 32.1. The minimum Gasteiger partial charge on any atom is -0.245 e. The summed E-state index contributed by atoms with van der Waals surface area (Å²) >= 11 is 0. The van der Waals surface area contributed by atoms with E-state index in [2.05, 4.69) is 184 Å². The van der Waals surface area contributed by atoms with Crippen LogP contribution in [0.1, 0.15) is 18.1 Å². The van der Waals surface area contributed by atoms with Crippen molar-refractivity contribution in [2.24, 2.45) is 0 Å². The third-order valence-electron chi connectivity index (χ3n) is 11.5. The average molecular weight is 741 g/mol. The van der Waals surface area contributed by atoms with Crippen molar-refractivity contribution in [2.45, 2.75) is 13.8 Å². The van der Waals surface area contributed by atoms with Gasteiger partial charge in [-0.3, -0.25) is 0 Å². The van der Waals surface area contributed by atoms with Gasteiger partial charge in [0.1, 0.15) is 0 Å². The lowest BCUT2D eigenvalue weighted by Gasteiger charge is -2.18. The molecule has 0 saturated carbocycles. The van der Waals surface area contributed by atoms with Crippen molar-refractivity contribution in [1.29, 1.82) is 0 Å². The Morgan fingerprint density at radius 2 is 0.776 bits per heavy atom. The van der Waals surface area contributed by atoms with Gasteiger partial charge in [0.2, 0.25) is 0 Å². The molecule has 4 heterocycles. The van der Waals surface area contributed by atoms with Crippen molar-refractivity contribution in [3.63, 3.8) is 0 Å². The number of benzene rings is 7. The van der Waals surface area contributed by atoms with Crippen LogP contribution in [-0.4, -0.2) is 19.9 Å². The molecular formula is C54H36N4. The number of rotatable bonds is 5. The second-order valence-electron chi connectivity index (χ2n) is 15.0. The van der Waals surface area contributed by atoms with E-state index in [0.29, 0.717) is 0 Å². The average Bonchev–Trinajstić information content (AvgIpc) is 3.29. The molecule has 4 nitrogen and oxygen atoms in total. The fraction of sp³-hybridized carbons (Fsp3) is 0.0370. The summed E-state index contributed by atoms with van der Waals surface area (Å²) in [5, 5.41) is 8.97. The fourth-order valence-corrected chi connectivity index (χ4v) is 8.64. The topological polar surface area (TPSA) is 51.6 Å². The zero-order valence-corrected chi connectivity index (χ0v) is 32.1. The Hall–Kier alpha value is -7.56. The molecule has 0 aliphatic rings. The molecule has 0 spiro atoms. The summed E-state index contributed by atoms with van der Waals surface area (Å²) in [7, 11) is 0. The van der Waals surface area contributed by atoms with Gasteiger partial charge >= 0.3 is 0 Å². The fourth-order valence-electron chi connectivity index (χ4n) is 8.64. The summed E-state index contributed by atoms with van der Waals surface area (Å²) < 4.78 is 0. The molecule has 11 rings (SSSR count). The largest absolute Gasteiger partial charge is 0.245 e. The Labute approximate surface area is 335 Å². The first-order valence-corrected chi connectivity index (χ1v) is 19.8. The first kappa shape index (κ1) is 33.8. The smallest absolute Gasteiger partial charge is 0.0972 e. The molecule has 58 heavy (non-hydrogen) atoms. The van der Waals surface area contributed by atoms with E-state index < -0.39 is 0 Å². The lowest BCUT2D eigenvalue weighted by molar-refractivity contribution is 1.35. The summed E-state index contributed by atoms with van der Waals surface area (Å²) in [6, 6.07) is 59.8. The van der Waals surface area contributed by atoms with Crippen LogP contribution in [0.3, 0.4) is 0 Å². The second kappa shape index (κ2) is 13.6. The molecule has 0 aliphatic carbocycles. The number of fused-ring (bicyclic) bond motifs is 9. The highest BCUT2D eigenvalue weighted by Gasteiger charge is 2.18. The molecule has 4 heteroatoms. The molecule has 272 valence electrons. The number of nitrogens with zero attached hydrogens (tertiary/aromatic N) is 4. The highest BCUT2D eigenvalue weighted by atomic mass is 14.8. The summed E-state index contributed by atoms with van der Waals surface area (Å²) in [6.07, 6.45) is 4.38. The molecule has 4 aromatic heterocycles. The molecule has 0 atom stereocenters. The van der Waals surface area contributed by atoms with E-state index in [4.69, 9.17) is 19.9 Å². The van der Waals surface area contributed by atoms with Crippen LogP contribution in [0.4, 0.5) is 0 Å². The van der Waals surface area contributed by atoms with Gasteiger partial charge in [-0.05, 0) is 82.9 Å². The van der Waals surface area contributed by atoms with Gasteiger partial charge in [0.05, 0.1) is 44.8 Å². The maximum absolute atomic E-state index is 5.42. The lowest BCUT2D eigenvalue weighted by atomic mass is 9.87. The molecule has 0 amide bonds. The molecule has 0 aliphatic heterocycles. The van der Waals surface area contributed by atoms with Crippen molar-refractivity contribution in [2.75, 3.05) is 0 Å². The van der Waals surface area contributed by atoms with Gasteiger partial charge in [0.15, 0.2) is 0 Å². The number of pyridine rings is 4. The lowest BCUT2D eigenvalue weighted by Crippen LogP contribution is -1.96. The standard InChI is InChI=1S/C54H36N4/c1-3-12-41-33(2)44(48-29-25-38-21-19-36-23-27-46(34-13-6-4-7-14-34)55-51(36)53(38)57-48)31-40-32-45(42-17-10-11-18-43(42)50(40)41)49-30-26-39-22-20-37-24-28-47(35-15-8-5-9-16-35)56-52(37)54(39)58-49/h3-32H,1-2H3/b12-3-. The predicted molar refractivity (Wildman–Crippen MR) is 244 cm³/mol. The Kier molecular flexibility index (Phi) is 7.90. The van der Waals surface area contributed by atoms with Crippen molar-refractivity contribution in [3.05, 3.63) is 187 Å². The van der Waals surface area contributed by atoms with E-state index in [-0.39, 0.29) is 0 Å². The molecule has 0 bridgehead atoms. The predicted octanol–water partition coefficient (Wildman–Crippen LogP) is 14.2. The van der Waals surface area contributed by atoms with Gasteiger partial charge in [-0.2, -0.15) is 0 Å². The monoisotopic (exact) mass is 740 g/mol. The van der Waals surface area contributed by atoms with E-state index in [9.17, 15) is 0 Å². The summed E-state index contributed by atoms with van der Waals surface area (Å²) in [5.41, 5.74) is 14.0. The molecule has 0 N–H and O–H groups in total. The van der Waals surface area contributed by atoms with E-state index in [0.717, 1.165) is 99.4 Å². The molecule has 0 radical (unpaired) electrons. The maximum Gasteiger partial charge on any atom is 0.0972 e. The molecule has 7 aromatic carbocycles. The molecule has 0 unspecified atom stereocenters. The Morgan fingerprint density at radius 3 is 1.28 bits per heavy atom. The van der Waals surface area contributed by atoms with Crippen LogP contribution in [0.2, 0.25) is 0 Å². The van der Waals surface area contributed by atoms with Gasteiger partial charge in [-0.25, -0.2) is 19.9 Å². The van der Waals surface area contributed by atoms with E-state index in [1.807, 2.05) is 12.1 Å². The van der Waals surface area contributed by atoms with Gasteiger partial charge in [-0.1, -0.05) is 146 Å². The second-order valence-corrected chi connectivity index (χ2v) is 15.0. The van der Waals surface area contributed by atoms with Crippen molar-refractivity contribution >= 4 is 71.2 Å². The van der Waals surface area contributed by atoms with Crippen LogP contribution in [-0.2, 0) is 0 Å². The van der Waals surface area contributed by atoms with E-state index in [1.165, 1.54) is 21.9 Å². The number of hydrogen-bond acceptors (Lipinski definition) is 4. The molecule has 11 aromatic rings.